The second kappa shape index (κ2) is 15.6. The Morgan fingerprint density at radius 1 is 0.863 bits per heavy atom. The maximum atomic E-state index is 8.59. The zero-order valence-electron chi connectivity index (χ0n) is 43.0. The van der Waals surface area contributed by atoms with Gasteiger partial charge in [0.2, 0.25) is 5.71 Å². The van der Waals surface area contributed by atoms with Gasteiger partial charge in [-0.1, -0.05) is 120 Å². The Balaban J connectivity index is 0.000000259. The van der Waals surface area contributed by atoms with Crippen molar-refractivity contribution in [2.45, 2.75) is 72.7 Å². The molecule has 0 saturated carbocycles. The summed E-state index contributed by atoms with van der Waals surface area (Å²) in [6, 6.07) is 31.6. The topological polar surface area (TPSA) is 51.8 Å². The van der Waals surface area contributed by atoms with Gasteiger partial charge in [-0.25, -0.2) is 4.98 Å². The number of furan rings is 1. The van der Waals surface area contributed by atoms with Crippen LogP contribution in [0.25, 0.3) is 55.8 Å². The third-order valence-electron chi connectivity index (χ3n) is 8.06. The summed E-state index contributed by atoms with van der Waals surface area (Å²) in [6.07, 6.45) is 1.53. The molecule has 7 aromatic rings. The molecule has 0 aliphatic heterocycles. The molecule has 0 unspecified atom stereocenters. The molecule has 0 fully saturated rings. The van der Waals surface area contributed by atoms with Crippen molar-refractivity contribution in [2.75, 3.05) is 0 Å². The molecule has 4 nitrogen and oxygen atoms in total. The molecule has 0 atom stereocenters. The maximum Gasteiger partial charge on any atom is 0.216 e. The van der Waals surface area contributed by atoms with Gasteiger partial charge in [-0.05, 0) is 58.0 Å². The third kappa shape index (κ3) is 8.81. The first kappa shape index (κ1) is 23.4. The van der Waals surface area contributed by atoms with E-state index in [1.54, 1.807) is 30.5 Å². The number of nitrogens with zero attached hydrogens (tertiary/aromatic N) is 3. The van der Waals surface area contributed by atoms with Crippen molar-refractivity contribution >= 4 is 35.3 Å². The van der Waals surface area contributed by atoms with Crippen LogP contribution in [0.3, 0.4) is 0 Å². The fraction of sp³-hybridized carbons (Fsp3) is 0.267. The van der Waals surface area contributed by atoms with Gasteiger partial charge in [0.05, 0.1) is 19.4 Å². The van der Waals surface area contributed by atoms with E-state index in [0.29, 0.717) is 44.8 Å². The molecule has 6 heteroatoms. The molecule has 263 valence electrons. The van der Waals surface area contributed by atoms with Gasteiger partial charge < -0.3 is 14.4 Å². The smallest absolute Gasteiger partial charge is 0.216 e. The molecule has 1 radical (unpaired) electrons. The summed E-state index contributed by atoms with van der Waals surface area (Å²) in [5, 5.41) is 2.44. The van der Waals surface area contributed by atoms with Crippen LogP contribution in [-0.4, -0.2) is 23.0 Å². The van der Waals surface area contributed by atoms with Crippen LogP contribution in [0, 0.1) is 24.9 Å². The van der Waals surface area contributed by atoms with Gasteiger partial charge in [-0.15, -0.1) is 53.6 Å². The van der Waals surface area contributed by atoms with E-state index in [4.69, 9.17) is 23.6 Å². The Morgan fingerprint density at radius 2 is 1.67 bits per heavy atom. The van der Waals surface area contributed by atoms with Crippen LogP contribution in [0.15, 0.2) is 108 Å². The minimum Gasteiger partial charge on any atom is -0.486 e. The number of aromatic nitrogens is 3. The van der Waals surface area contributed by atoms with Gasteiger partial charge in [0.15, 0.2) is 0 Å². The van der Waals surface area contributed by atoms with Crippen LogP contribution in [0.4, 0.5) is 0 Å². The number of fused-ring (bicyclic) bond motifs is 3. The molecular formula is C45H47IrN3OSi-2. The molecule has 0 bridgehead atoms. The molecule has 0 saturated heterocycles. The number of rotatable bonds is 6. The summed E-state index contributed by atoms with van der Waals surface area (Å²) in [5.41, 5.74) is 1.44. The molecule has 3 aromatic carbocycles. The van der Waals surface area contributed by atoms with Crippen molar-refractivity contribution in [3.8, 4) is 33.8 Å². The van der Waals surface area contributed by atoms with Crippen LogP contribution in [-0.2, 0) is 31.9 Å². The van der Waals surface area contributed by atoms with Crippen molar-refractivity contribution in [2.24, 2.45) is 5.92 Å². The number of benzene rings is 3. The van der Waals surface area contributed by atoms with Gasteiger partial charge in [0.1, 0.15) is 0 Å². The zero-order valence-corrected chi connectivity index (χ0v) is 32.4. The summed E-state index contributed by atoms with van der Waals surface area (Å²) >= 11 is 0. The average Bonchev–Trinajstić information content (AvgIpc) is 3.57. The van der Waals surface area contributed by atoms with E-state index in [1.165, 1.54) is 18.3 Å². The molecule has 7 rings (SSSR count). The van der Waals surface area contributed by atoms with Crippen LogP contribution in [0.1, 0.15) is 70.3 Å². The quantitative estimate of drug-likeness (QED) is 0.123. The minimum atomic E-state index is -3.38. The van der Waals surface area contributed by atoms with Gasteiger partial charge >= 0.3 is 0 Å². The molecule has 0 N–H and O–H groups in total. The summed E-state index contributed by atoms with van der Waals surface area (Å²) in [7, 11) is -1.78. The zero-order chi connectivity index (χ0) is 47.4. The first-order valence-corrected chi connectivity index (χ1v) is 19.8. The fourth-order valence-electron chi connectivity index (χ4n) is 5.60. The summed E-state index contributed by atoms with van der Waals surface area (Å²) in [6.45, 7) is -2.00. The standard InChI is InChI=1S/C26H21N2O.C19H26NSi.Ir/c1-26(2,3)18-14-15-27-23(16-18)21-11-7-10-19-20-12-13-22(17-8-5-4-6-9-17)28-25(20)29-24(19)21;1-14(2)11-17-12-18(16-9-7-15(3)8-10-16)20-13-19(17)21(4,5)6;/h4-10,12-16H,1-3H3;7-9,12-14H,11H2,1-6H3;/q2*-1;/i1D3,2D3,3D3;3D3,11D2;. The Bertz CT molecular complexity index is 2740. The number of hydrogen-bond acceptors (Lipinski definition) is 4. The van der Waals surface area contributed by atoms with Gasteiger partial charge in [0, 0.05) is 62.6 Å². The van der Waals surface area contributed by atoms with E-state index in [0.717, 1.165) is 22.2 Å². The monoisotopic (exact) mass is 880 g/mol. The SMILES string of the molecule is [2H]C([2H])([2H])C(c1ccnc(-c2[c-]ccc3c2oc2nc(-c4ccccc4)ccc23)c1)(C([2H])([2H])[2H])C([2H])([2H])[2H].[2H]C([2H])([2H])c1c[c-]c(-c2cc(C([2H])([2H])C(C)C)c([Si](C)(C)C)cn2)cc1.[Ir]. The van der Waals surface area contributed by atoms with E-state index in [9.17, 15) is 0 Å². The van der Waals surface area contributed by atoms with E-state index in [-0.39, 0.29) is 37.3 Å². The fourth-order valence-corrected chi connectivity index (χ4v) is 7.00. The first-order valence-electron chi connectivity index (χ1n) is 23.3. The molecular weight excluding hydrogens is 819 g/mol. The van der Waals surface area contributed by atoms with Crippen LogP contribution >= 0.6 is 0 Å². The van der Waals surface area contributed by atoms with Gasteiger partial charge in [0.25, 0.3) is 0 Å². The van der Waals surface area contributed by atoms with Crippen LogP contribution in [0.5, 0.6) is 0 Å². The average molecular weight is 880 g/mol. The van der Waals surface area contributed by atoms with Gasteiger partial charge in [-0.2, -0.15) is 0 Å². The summed E-state index contributed by atoms with van der Waals surface area (Å²) < 4.78 is 118. The predicted octanol–water partition coefficient (Wildman–Crippen LogP) is 11.4. The molecule has 4 aromatic heterocycles. The first-order chi connectivity index (χ1) is 29.5. The third-order valence-corrected chi connectivity index (χ3v) is 10.1. The van der Waals surface area contributed by atoms with Gasteiger partial charge in [-0.3, -0.25) is 0 Å². The second-order valence-electron chi connectivity index (χ2n) is 13.4. The van der Waals surface area contributed by atoms with E-state index in [1.807, 2.05) is 62.4 Å². The van der Waals surface area contributed by atoms with E-state index in [2.05, 4.69) is 46.7 Å². The van der Waals surface area contributed by atoms with Crippen molar-refractivity contribution in [3.05, 3.63) is 132 Å². The Labute approximate surface area is 337 Å². The molecule has 4 heterocycles. The molecule has 0 aliphatic rings. The number of aryl methyl sites for hydroxylation is 1. The van der Waals surface area contributed by atoms with Crippen LogP contribution in [0.2, 0.25) is 19.6 Å². The normalized spacial score (nSPS) is 17.1. The van der Waals surface area contributed by atoms with Crippen molar-refractivity contribution < 1.29 is 43.7 Å². The van der Waals surface area contributed by atoms with E-state index >= 15 is 0 Å². The molecule has 51 heavy (non-hydrogen) atoms. The maximum absolute atomic E-state index is 8.59. The minimum absolute atomic E-state index is 0. The Kier molecular flexibility index (Phi) is 7.13. The molecule has 0 amide bonds. The molecule has 0 spiro atoms. The largest absolute Gasteiger partial charge is 0.486 e. The molecule has 0 aliphatic carbocycles. The summed E-state index contributed by atoms with van der Waals surface area (Å²) in [4.78, 5) is 13.5. The summed E-state index contributed by atoms with van der Waals surface area (Å²) in [5.74, 6) is -0.172. The predicted molar refractivity (Wildman–Crippen MR) is 212 cm³/mol. The van der Waals surface area contributed by atoms with E-state index < -0.39 is 52.8 Å². The van der Waals surface area contributed by atoms with Crippen molar-refractivity contribution in [1.82, 2.24) is 15.0 Å². The second-order valence-corrected chi connectivity index (χ2v) is 18.5. The number of hydrogen-bond donors (Lipinski definition) is 0. The van der Waals surface area contributed by atoms with Crippen molar-refractivity contribution in [3.63, 3.8) is 0 Å². The Morgan fingerprint density at radius 3 is 2.35 bits per heavy atom. The Hall–Kier alpha value is -4.22. The number of pyridine rings is 3. The van der Waals surface area contributed by atoms with Crippen LogP contribution < -0.4 is 5.19 Å². The van der Waals surface area contributed by atoms with Crippen molar-refractivity contribution in [1.29, 1.82) is 0 Å².